The van der Waals surface area contributed by atoms with Crippen molar-refractivity contribution in [3.8, 4) is 0 Å². The van der Waals surface area contributed by atoms with Gasteiger partial charge >= 0.3 is 18.1 Å². The minimum atomic E-state index is -4.79. The Morgan fingerprint density at radius 2 is 1.77 bits per heavy atom. The molecule has 214 valence electrons. The average molecular weight is 583 g/mol. The molecule has 17 heteroatoms. The molecule has 4 rings (SSSR count). The molecule has 3 heterocycles. The van der Waals surface area contributed by atoms with E-state index in [-0.39, 0.29) is 25.1 Å². The van der Waals surface area contributed by atoms with Crippen LogP contribution in [-0.2, 0) is 37.4 Å². The van der Waals surface area contributed by atoms with Crippen LogP contribution in [-0.4, -0.2) is 75.3 Å². The molecule has 2 aliphatic rings. The number of nitrogens with zero attached hydrogens (tertiary/aromatic N) is 3. The Balaban J connectivity index is 0.000000459. The lowest BCUT2D eigenvalue weighted by Gasteiger charge is -2.44. The first kappa shape index (κ1) is 30.1. The molecule has 11 nitrogen and oxygen atoms in total. The van der Waals surface area contributed by atoms with Gasteiger partial charge in [0.15, 0.2) is 6.10 Å². The number of hydrogen-bond acceptors (Lipinski definition) is 8. The smallest absolute Gasteiger partial charge is 0.416 e. The second-order valence-electron chi connectivity index (χ2n) is 8.80. The van der Waals surface area contributed by atoms with E-state index in [4.69, 9.17) is 20.7 Å². The van der Waals surface area contributed by atoms with Crippen LogP contribution >= 0.6 is 0 Å². The number of carboxylic acid groups (broad SMARTS) is 2. The number of fused-ring (bicyclic) bond motifs is 1. The number of hydrogen-bond donors (Lipinski definition) is 3. The molecule has 4 atom stereocenters. The molecule has 0 spiro atoms. The number of nitrogens with two attached hydrogens (primary N) is 1. The van der Waals surface area contributed by atoms with Crippen molar-refractivity contribution in [2.45, 2.75) is 50.0 Å². The van der Waals surface area contributed by atoms with Crippen LogP contribution in [0.1, 0.15) is 29.3 Å². The molecule has 0 saturated carbocycles. The van der Waals surface area contributed by atoms with Crippen LogP contribution in [0.3, 0.4) is 0 Å². The van der Waals surface area contributed by atoms with E-state index in [1.165, 1.54) is 11.1 Å². The molecule has 0 bridgehead atoms. The minimum absolute atomic E-state index is 0.0236. The molecule has 0 amide bonds. The summed E-state index contributed by atoms with van der Waals surface area (Å²) in [6.07, 6.45) is -5.41. The lowest BCUT2D eigenvalue weighted by molar-refractivity contribution is -0.269. The van der Waals surface area contributed by atoms with Crippen LogP contribution in [0, 0.1) is 11.6 Å². The summed E-state index contributed by atoms with van der Waals surface area (Å²) >= 11 is 0. The van der Waals surface area contributed by atoms with Gasteiger partial charge in [-0.3, -0.25) is 4.90 Å². The average Bonchev–Trinajstić information content (AvgIpc) is 3.39. The van der Waals surface area contributed by atoms with Crippen molar-refractivity contribution < 1.29 is 54.9 Å². The third kappa shape index (κ3) is 7.37. The van der Waals surface area contributed by atoms with Gasteiger partial charge in [-0.2, -0.15) is 22.4 Å². The summed E-state index contributed by atoms with van der Waals surface area (Å²) in [5.41, 5.74) is 6.51. The highest BCUT2D eigenvalue weighted by atomic mass is 32.2. The zero-order valence-corrected chi connectivity index (χ0v) is 20.9. The standard InChI is InChI=1S/C18H19F5N4O3S.C4H4O4/c1-31(28,29)27-7-9-6-26(8-14(9)25-27)15-5-13(24)16(30-17(15)18(21,22)23)11-4-10(19)2-3-12(11)20;5-3(6)1-2-4(7)8/h2-4,7,13,15-17H,5-6,8,24H2,1H3;1-2H,(H,5,6)(H,7,8)/b;2-1+/t13-,15+,16+,17-;/m0./s1. The molecule has 1 saturated heterocycles. The summed E-state index contributed by atoms with van der Waals surface area (Å²) in [4.78, 5) is 20.6. The highest BCUT2D eigenvalue weighted by Crippen LogP contribution is 2.42. The number of rotatable bonds is 5. The normalized spacial score (nSPS) is 23.8. The second kappa shape index (κ2) is 11.4. The van der Waals surface area contributed by atoms with E-state index >= 15 is 0 Å². The summed E-state index contributed by atoms with van der Waals surface area (Å²) in [6, 6.07) is 0.226. The topological polar surface area (TPSA) is 165 Å². The molecule has 2 aromatic rings. The zero-order valence-electron chi connectivity index (χ0n) is 20.0. The van der Waals surface area contributed by atoms with Crippen LogP contribution in [0.4, 0.5) is 22.0 Å². The maximum absolute atomic E-state index is 14.2. The predicted octanol–water partition coefficient (Wildman–Crippen LogP) is 1.78. The summed E-state index contributed by atoms with van der Waals surface area (Å²) < 4.78 is 98.6. The Kier molecular flexibility index (Phi) is 8.79. The summed E-state index contributed by atoms with van der Waals surface area (Å²) in [5, 5.41) is 19.6. The van der Waals surface area contributed by atoms with Gasteiger partial charge in [0.1, 0.15) is 17.7 Å². The Hall–Kier alpha value is -3.41. The first-order chi connectivity index (χ1) is 18.0. The van der Waals surface area contributed by atoms with E-state index in [9.17, 15) is 40.0 Å². The Labute approximate surface area is 218 Å². The van der Waals surface area contributed by atoms with Crippen LogP contribution in [0.15, 0.2) is 36.5 Å². The Morgan fingerprint density at radius 3 is 2.28 bits per heavy atom. The molecule has 0 radical (unpaired) electrons. The van der Waals surface area contributed by atoms with Crippen LogP contribution < -0.4 is 5.73 Å². The molecule has 1 aromatic heterocycles. The first-order valence-electron chi connectivity index (χ1n) is 11.1. The van der Waals surface area contributed by atoms with Crippen LogP contribution in [0.2, 0.25) is 0 Å². The second-order valence-corrected chi connectivity index (χ2v) is 10.6. The van der Waals surface area contributed by atoms with Gasteiger partial charge in [0.25, 0.3) is 10.0 Å². The number of aliphatic carboxylic acids is 2. The van der Waals surface area contributed by atoms with Crippen LogP contribution in [0.25, 0.3) is 0 Å². The Bertz CT molecular complexity index is 1340. The van der Waals surface area contributed by atoms with Gasteiger partial charge in [-0.15, -0.1) is 0 Å². The van der Waals surface area contributed by atoms with E-state index in [0.29, 0.717) is 23.4 Å². The summed E-state index contributed by atoms with van der Waals surface area (Å²) in [6.45, 7) is 0.00134. The van der Waals surface area contributed by atoms with Crippen molar-refractivity contribution >= 4 is 22.0 Å². The lowest BCUT2D eigenvalue weighted by Crippen LogP contribution is -2.58. The van der Waals surface area contributed by atoms with Crippen molar-refractivity contribution in [1.82, 2.24) is 14.1 Å². The first-order valence-corrected chi connectivity index (χ1v) is 12.9. The largest absolute Gasteiger partial charge is 0.478 e. The molecule has 39 heavy (non-hydrogen) atoms. The van der Waals surface area contributed by atoms with E-state index in [1.807, 2.05) is 0 Å². The van der Waals surface area contributed by atoms with Gasteiger partial charge in [0.05, 0.1) is 11.9 Å². The summed E-state index contributed by atoms with van der Waals surface area (Å²) in [5.74, 6) is -4.23. The fraction of sp³-hybridized carbons (Fsp3) is 0.409. The van der Waals surface area contributed by atoms with Gasteiger partial charge in [-0.1, -0.05) is 0 Å². The number of benzene rings is 1. The van der Waals surface area contributed by atoms with E-state index in [0.717, 1.165) is 28.5 Å². The van der Waals surface area contributed by atoms with Crippen molar-refractivity contribution in [2.24, 2.45) is 5.73 Å². The third-order valence-electron chi connectivity index (χ3n) is 5.89. The summed E-state index contributed by atoms with van der Waals surface area (Å²) in [7, 11) is -3.62. The third-order valence-corrected chi connectivity index (χ3v) is 6.76. The fourth-order valence-electron chi connectivity index (χ4n) is 4.25. The molecule has 1 aromatic carbocycles. The zero-order chi connectivity index (χ0) is 29.3. The molecule has 1 fully saturated rings. The number of ether oxygens (including phenoxy) is 1. The van der Waals surface area contributed by atoms with E-state index in [2.05, 4.69) is 5.10 Å². The number of alkyl halides is 3. The SMILES string of the molecule is CS(=O)(=O)n1cc2c(n1)CN([C@@H]1C[C@H](N)[C@@H](c3cc(F)ccc3F)O[C@@H]1C(F)(F)F)C2.O=C(O)/C=C/C(=O)O. The number of aromatic nitrogens is 2. The number of halogens is 5. The van der Waals surface area contributed by atoms with Crippen molar-refractivity contribution in [2.75, 3.05) is 6.26 Å². The Morgan fingerprint density at radius 1 is 1.15 bits per heavy atom. The highest BCUT2D eigenvalue weighted by Gasteiger charge is 2.54. The molecule has 4 N–H and O–H groups in total. The minimum Gasteiger partial charge on any atom is -0.478 e. The monoisotopic (exact) mass is 582 g/mol. The van der Waals surface area contributed by atoms with Gasteiger partial charge in [0, 0.05) is 54.6 Å². The van der Waals surface area contributed by atoms with Gasteiger partial charge in [-0.05, 0) is 24.6 Å². The van der Waals surface area contributed by atoms with Gasteiger partial charge < -0.3 is 20.7 Å². The maximum Gasteiger partial charge on any atom is 0.416 e. The van der Waals surface area contributed by atoms with Crippen molar-refractivity contribution in [3.63, 3.8) is 0 Å². The van der Waals surface area contributed by atoms with Gasteiger partial charge in [0.2, 0.25) is 0 Å². The quantitative estimate of drug-likeness (QED) is 0.350. The van der Waals surface area contributed by atoms with E-state index < -0.39 is 64.1 Å². The van der Waals surface area contributed by atoms with Crippen LogP contribution in [0.5, 0.6) is 0 Å². The van der Waals surface area contributed by atoms with Gasteiger partial charge in [-0.25, -0.2) is 26.8 Å². The molecule has 2 aliphatic heterocycles. The fourth-order valence-corrected chi connectivity index (χ4v) is 4.81. The molecule has 0 aliphatic carbocycles. The van der Waals surface area contributed by atoms with E-state index in [1.54, 1.807) is 0 Å². The number of carboxylic acids is 2. The molecule has 0 unspecified atom stereocenters. The molecular formula is C22H23F5N4O7S. The number of carbonyl (C=O) groups is 2. The van der Waals surface area contributed by atoms with Crippen molar-refractivity contribution in [1.29, 1.82) is 0 Å². The maximum atomic E-state index is 14.2. The lowest BCUT2D eigenvalue weighted by atomic mass is 9.89. The predicted molar refractivity (Wildman–Crippen MR) is 123 cm³/mol. The highest BCUT2D eigenvalue weighted by molar-refractivity contribution is 7.89. The molecular weight excluding hydrogens is 559 g/mol. The van der Waals surface area contributed by atoms with Crippen molar-refractivity contribution in [3.05, 3.63) is 65.0 Å².